The highest BCUT2D eigenvalue weighted by Gasteiger charge is 2.50. The monoisotopic (exact) mass is 527 g/mol. The molecule has 0 aliphatic carbocycles. The molecule has 1 aromatic heterocycles. The number of pyridine rings is 1. The largest absolute Gasteiger partial charge is 0.480 e. The number of carboxylic acids is 1. The molecular formula is C22H30BrN3O7. The molecule has 1 aromatic rings. The van der Waals surface area contributed by atoms with Gasteiger partial charge in [-0.05, 0) is 49.7 Å². The van der Waals surface area contributed by atoms with Gasteiger partial charge in [0.2, 0.25) is 5.88 Å². The van der Waals surface area contributed by atoms with Crippen molar-refractivity contribution in [2.24, 2.45) is 0 Å². The van der Waals surface area contributed by atoms with Gasteiger partial charge in [0.15, 0.2) is 0 Å². The van der Waals surface area contributed by atoms with E-state index in [9.17, 15) is 14.7 Å². The molecule has 1 spiro atoms. The molecule has 11 heteroatoms. The Hall–Kier alpha value is -2.11. The van der Waals surface area contributed by atoms with E-state index in [1.807, 2.05) is 6.07 Å². The van der Waals surface area contributed by atoms with Crippen molar-refractivity contribution < 1.29 is 33.6 Å². The molecule has 10 nitrogen and oxygen atoms in total. The second-order valence-electron chi connectivity index (χ2n) is 9.72. The summed E-state index contributed by atoms with van der Waals surface area (Å²) >= 11 is 3.49. The third-order valence-corrected chi connectivity index (χ3v) is 6.64. The number of halogens is 1. The first-order chi connectivity index (χ1) is 15.5. The maximum absolute atomic E-state index is 12.6. The predicted octanol–water partition coefficient (Wildman–Crippen LogP) is 2.68. The van der Waals surface area contributed by atoms with Crippen LogP contribution in [0.25, 0.3) is 0 Å². The van der Waals surface area contributed by atoms with Gasteiger partial charge < -0.3 is 29.0 Å². The highest BCUT2D eigenvalue weighted by atomic mass is 79.9. The quantitative estimate of drug-likeness (QED) is 0.631. The molecule has 1 N–H and O–H groups in total. The van der Waals surface area contributed by atoms with Crippen LogP contribution in [-0.2, 0) is 19.0 Å². The van der Waals surface area contributed by atoms with Crippen molar-refractivity contribution in [3.8, 4) is 5.88 Å². The summed E-state index contributed by atoms with van der Waals surface area (Å²) in [7, 11) is 0. The number of anilines is 1. The van der Waals surface area contributed by atoms with Crippen LogP contribution in [0.2, 0.25) is 0 Å². The second kappa shape index (κ2) is 8.92. The lowest BCUT2D eigenvalue weighted by Crippen LogP contribution is -2.68. The van der Waals surface area contributed by atoms with Gasteiger partial charge in [-0.3, -0.25) is 4.90 Å². The summed E-state index contributed by atoms with van der Waals surface area (Å²) in [6.45, 7) is 9.70. The van der Waals surface area contributed by atoms with Crippen LogP contribution in [0.3, 0.4) is 0 Å². The number of amides is 1. The molecule has 0 saturated carbocycles. The molecule has 4 heterocycles. The van der Waals surface area contributed by atoms with Gasteiger partial charge in [0, 0.05) is 23.6 Å². The average Bonchev–Trinajstić information content (AvgIpc) is 3.12. The minimum absolute atomic E-state index is 0.0343. The molecule has 0 bridgehead atoms. The molecule has 1 amide bonds. The first-order valence-electron chi connectivity index (χ1n) is 11.0. The van der Waals surface area contributed by atoms with Gasteiger partial charge in [0.1, 0.15) is 29.0 Å². The van der Waals surface area contributed by atoms with Crippen LogP contribution in [0, 0.1) is 0 Å². The zero-order chi connectivity index (χ0) is 24.0. The van der Waals surface area contributed by atoms with E-state index in [0.29, 0.717) is 32.2 Å². The lowest BCUT2D eigenvalue weighted by atomic mass is 9.90. The van der Waals surface area contributed by atoms with E-state index in [2.05, 4.69) is 32.7 Å². The number of morpholine rings is 1. The summed E-state index contributed by atoms with van der Waals surface area (Å²) in [6, 6.07) is 0.945. The molecule has 3 fully saturated rings. The Morgan fingerprint density at radius 3 is 2.67 bits per heavy atom. The van der Waals surface area contributed by atoms with Gasteiger partial charge >= 0.3 is 12.1 Å². The van der Waals surface area contributed by atoms with E-state index in [4.69, 9.17) is 18.9 Å². The third-order valence-electron chi connectivity index (χ3n) is 6.21. The van der Waals surface area contributed by atoms with E-state index in [0.717, 1.165) is 10.2 Å². The molecule has 0 aromatic carbocycles. The van der Waals surface area contributed by atoms with Crippen molar-refractivity contribution >= 4 is 33.7 Å². The molecule has 182 valence electrons. The maximum Gasteiger partial charge on any atom is 0.411 e. The molecule has 0 unspecified atom stereocenters. The topological polar surface area (TPSA) is 111 Å². The number of carbonyl (C=O) groups is 2. The molecule has 3 saturated heterocycles. The molecule has 3 atom stereocenters. The van der Waals surface area contributed by atoms with Crippen molar-refractivity contribution in [3.05, 3.63) is 16.7 Å². The van der Waals surface area contributed by atoms with Crippen LogP contribution in [0.1, 0.15) is 34.1 Å². The number of carbonyl (C=O) groups excluding carboxylic acids is 1. The normalized spacial score (nSPS) is 26.8. The number of hydrogen-bond donors (Lipinski definition) is 1. The molecule has 4 rings (SSSR count). The van der Waals surface area contributed by atoms with Gasteiger partial charge in [-0.25, -0.2) is 14.6 Å². The Morgan fingerprint density at radius 1 is 1.33 bits per heavy atom. The first-order valence-corrected chi connectivity index (χ1v) is 11.8. The molecule has 3 aliphatic rings. The number of nitrogens with zero attached hydrogens (tertiary/aromatic N) is 3. The summed E-state index contributed by atoms with van der Waals surface area (Å²) in [5.41, 5.74) is -0.297. The van der Waals surface area contributed by atoms with E-state index >= 15 is 0 Å². The second-order valence-corrected chi connectivity index (χ2v) is 10.6. The Kier molecular flexibility index (Phi) is 6.49. The Labute approximate surface area is 201 Å². The number of aromatic nitrogens is 1. The number of aliphatic carboxylic acids is 1. The Morgan fingerprint density at radius 2 is 2.06 bits per heavy atom. The van der Waals surface area contributed by atoms with Crippen molar-refractivity contribution in [3.63, 3.8) is 0 Å². The fourth-order valence-electron chi connectivity index (χ4n) is 4.41. The van der Waals surface area contributed by atoms with Crippen LogP contribution in [-0.4, -0.2) is 89.4 Å². The number of ether oxygens (including phenoxy) is 4. The van der Waals surface area contributed by atoms with Crippen molar-refractivity contribution in [1.82, 2.24) is 9.88 Å². The fraction of sp³-hybridized carbons (Fsp3) is 0.682. The average molecular weight is 528 g/mol. The summed E-state index contributed by atoms with van der Waals surface area (Å²) in [5.74, 6) is -0.702. The van der Waals surface area contributed by atoms with Gasteiger partial charge in [0.25, 0.3) is 0 Å². The van der Waals surface area contributed by atoms with E-state index in [1.165, 1.54) is 4.90 Å². The van der Waals surface area contributed by atoms with Gasteiger partial charge in [-0.15, -0.1) is 0 Å². The maximum atomic E-state index is 12.6. The summed E-state index contributed by atoms with van der Waals surface area (Å²) < 4.78 is 23.9. The van der Waals surface area contributed by atoms with Gasteiger partial charge in [0.05, 0.1) is 32.4 Å². The Balaban J connectivity index is 1.54. The first kappa shape index (κ1) is 24.0. The fourth-order valence-corrected chi connectivity index (χ4v) is 4.73. The zero-order valence-electron chi connectivity index (χ0n) is 19.2. The molecular weight excluding hydrogens is 498 g/mol. The van der Waals surface area contributed by atoms with Crippen molar-refractivity contribution in [2.75, 3.05) is 37.8 Å². The lowest BCUT2D eigenvalue weighted by molar-refractivity contribution is -0.228. The van der Waals surface area contributed by atoms with Gasteiger partial charge in [-0.1, -0.05) is 0 Å². The summed E-state index contributed by atoms with van der Waals surface area (Å²) in [5, 5.41) is 9.67. The summed E-state index contributed by atoms with van der Waals surface area (Å²) in [4.78, 5) is 32.3. The number of rotatable bonds is 4. The molecule has 33 heavy (non-hydrogen) atoms. The van der Waals surface area contributed by atoms with E-state index in [1.54, 1.807) is 27.0 Å². The SMILES string of the molecule is C[C@@H]1N(c2cc(Br)cnc2O[C@H]2C[C@@H](C(=O)O)N(C(=O)OC(C)(C)C)C2)CCOC12COC2. The highest BCUT2D eigenvalue weighted by molar-refractivity contribution is 9.10. The summed E-state index contributed by atoms with van der Waals surface area (Å²) in [6.07, 6.45) is 0.575. The van der Waals surface area contributed by atoms with Crippen molar-refractivity contribution in [1.29, 1.82) is 0 Å². The lowest BCUT2D eigenvalue weighted by Gasteiger charge is -2.53. The van der Waals surface area contributed by atoms with E-state index < -0.39 is 29.8 Å². The van der Waals surface area contributed by atoms with Crippen LogP contribution in [0.5, 0.6) is 5.88 Å². The van der Waals surface area contributed by atoms with Crippen LogP contribution in [0.15, 0.2) is 16.7 Å². The number of carboxylic acid groups (broad SMARTS) is 1. The zero-order valence-corrected chi connectivity index (χ0v) is 20.8. The number of hydrogen-bond acceptors (Lipinski definition) is 8. The minimum atomic E-state index is -1.09. The number of likely N-dealkylation sites (tertiary alicyclic amines) is 1. The van der Waals surface area contributed by atoms with Gasteiger partial charge in [-0.2, -0.15) is 0 Å². The molecule has 3 aliphatic heterocycles. The van der Waals surface area contributed by atoms with Crippen LogP contribution < -0.4 is 9.64 Å². The highest BCUT2D eigenvalue weighted by Crippen LogP contribution is 2.39. The standard InChI is InChI=1S/C22H30BrN3O7/c1-13-22(11-30-12-22)31-6-5-25(13)16-7-14(23)9-24-18(16)32-15-8-17(19(27)28)26(10-15)20(29)33-21(2,3)4/h7,9,13,15,17H,5-6,8,10-12H2,1-4H3,(H,27,28)/t13-,15-,17-/m0/s1. The van der Waals surface area contributed by atoms with Crippen LogP contribution in [0.4, 0.5) is 10.5 Å². The third kappa shape index (κ3) is 4.90. The van der Waals surface area contributed by atoms with Crippen molar-refractivity contribution in [2.45, 2.75) is 63.5 Å². The Bertz CT molecular complexity index is 918. The molecule has 0 radical (unpaired) electrons. The minimum Gasteiger partial charge on any atom is -0.480 e. The van der Waals surface area contributed by atoms with E-state index in [-0.39, 0.29) is 24.6 Å². The predicted molar refractivity (Wildman–Crippen MR) is 122 cm³/mol. The van der Waals surface area contributed by atoms with Crippen LogP contribution >= 0.6 is 15.9 Å². The smallest absolute Gasteiger partial charge is 0.411 e.